The Morgan fingerprint density at radius 3 is 2.72 bits per heavy atom. The van der Waals surface area contributed by atoms with Crippen molar-refractivity contribution in [2.45, 2.75) is 32.7 Å². The molecule has 0 radical (unpaired) electrons. The van der Waals surface area contributed by atoms with Crippen molar-refractivity contribution < 1.29 is 0 Å². The monoisotopic (exact) mass is 343 g/mol. The van der Waals surface area contributed by atoms with E-state index in [1.54, 1.807) is 0 Å². The van der Waals surface area contributed by atoms with Gasteiger partial charge in [0.2, 0.25) is 0 Å². The lowest BCUT2D eigenvalue weighted by atomic mass is 10.1. The molecule has 18 heavy (non-hydrogen) atoms. The van der Waals surface area contributed by atoms with Gasteiger partial charge in [-0.2, -0.15) is 0 Å². The molecular weight excluding hydrogens is 326 g/mol. The van der Waals surface area contributed by atoms with Crippen LogP contribution in [0.3, 0.4) is 0 Å². The van der Waals surface area contributed by atoms with E-state index in [1.807, 2.05) is 22.7 Å². The molecule has 1 atom stereocenters. The zero-order valence-electron chi connectivity index (χ0n) is 10.7. The molecule has 0 aliphatic carbocycles. The molecule has 1 N–H and O–H groups in total. The molecule has 0 amide bonds. The zero-order chi connectivity index (χ0) is 13.0. The summed E-state index contributed by atoms with van der Waals surface area (Å²) < 4.78 is 1.20. The van der Waals surface area contributed by atoms with E-state index >= 15 is 0 Å². The Hall–Kier alpha value is -0.160. The lowest BCUT2D eigenvalue weighted by Crippen LogP contribution is -2.22. The van der Waals surface area contributed by atoms with Crippen LogP contribution < -0.4 is 5.32 Å². The Balaban J connectivity index is 2.30. The van der Waals surface area contributed by atoms with Crippen LogP contribution in [-0.2, 0) is 6.42 Å². The van der Waals surface area contributed by atoms with Gasteiger partial charge in [-0.1, -0.05) is 13.8 Å². The molecule has 0 bridgehead atoms. The minimum absolute atomic E-state index is 0.358. The SMILES string of the molecule is CCCNC(c1ccc(Br)s1)c1sccc1CC. The molecule has 0 fully saturated rings. The van der Waals surface area contributed by atoms with Crippen LogP contribution >= 0.6 is 38.6 Å². The van der Waals surface area contributed by atoms with Gasteiger partial charge in [0.1, 0.15) is 0 Å². The van der Waals surface area contributed by atoms with Gasteiger partial charge >= 0.3 is 0 Å². The smallest absolute Gasteiger partial charge is 0.0768 e. The Bertz CT molecular complexity index is 489. The second kappa shape index (κ2) is 6.85. The average Bonchev–Trinajstić information content (AvgIpc) is 2.99. The topological polar surface area (TPSA) is 12.0 Å². The van der Waals surface area contributed by atoms with Gasteiger partial charge in [0.15, 0.2) is 0 Å². The van der Waals surface area contributed by atoms with E-state index in [0.29, 0.717) is 6.04 Å². The van der Waals surface area contributed by atoms with Crippen molar-refractivity contribution in [1.29, 1.82) is 0 Å². The summed E-state index contributed by atoms with van der Waals surface area (Å²) in [5.41, 5.74) is 1.47. The summed E-state index contributed by atoms with van der Waals surface area (Å²) in [5, 5.41) is 5.88. The van der Waals surface area contributed by atoms with Crippen LogP contribution in [0.4, 0.5) is 0 Å². The minimum atomic E-state index is 0.358. The molecule has 1 unspecified atom stereocenters. The van der Waals surface area contributed by atoms with Crippen molar-refractivity contribution in [3.05, 3.63) is 42.7 Å². The van der Waals surface area contributed by atoms with Crippen molar-refractivity contribution in [2.24, 2.45) is 0 Å². The summed E-state index contributed by atoms with van der Waals surface area (Å²) in [6.07, 6.45) is 2.27. The fourth-order valence-electron chi connectivity index (χ4n) is 1.99. The largest absolute Gasteiger partial charge is 0.305 e. The molecule has 0 aliphatic rings. The number of hydrogen-bond donors (Lipinski definition) is 1. The summed E-state index contributed by atoms with van der Waals surface area (Å²) >= 11 is 7.25. The van der Waals surface area contributed by atoms with E-state index in [-0.39, 0.29) is 0 Å². The molecule has 0 aliphatic heterocycles. The highest BCUT2D eigenvalue weighted by Gasteiger charge is 2.19. The predicted octanol–water partition coefficient (Wildman–Crippen LogP) is 5.22. The van der Waals surface area contributed by atoms with Crippen LogP contribution in [-0.4, -0.2) is 6.54 Å². The summed E-state index contributed by atoms with van der Waals surface area (Å²) in [6.45, 7) is 5.50. The van der Waals surface area contributed by atoms with E-state index in [1.165, 1.54) is 19.1 Å². The molecule has 2 heterocycles. The number of hydrogen-bond acceptors (Lipinski definition) is 3. The second-order valence-corrected chi connectivity index (χ2v) is 7.63. The first-order valence-electron chi connectivity index (χ1n) is 6.31. The van der Waals surface area contributed by atoms with Crippen LogP contribution in [0.5, 0.6) is 0 Å². The minimum Gasteiger partial charge on any atom is -0.305 e. The van der Waals surface area contributed by atoms with Crippen LogP contribution in [0, 0.1) is 0 Å². The lowest BCUT2D eigenvalue weighted by molar-refractivity contribution is 0.610. The van der Waals surface area contributed by atoms with Crippen LogP contribution in [0.15, 0.2) is 27.4 Å². The number of halogens is 1. The highest BCUT2D eigenvalue weighted by Crippen LogP contribution is 2.35. The van der Waals surface area contributed by atoms with Gasteiger partial charge in [-0.25, -0.2) is 0 Å². The van der Waals surface area contributed by atoms with Gasteiger partial charge in [0, 0.05) is 9.75 Å². The molecule has 2 aromatic heterocycles. The van der Waals surface area contributed by atoms with E-state index in [9.17, 15) is 0 Å². The summed E-state index contributed by atoms with van der Waals surface area (Å²) in [7, 11) is 0. The highest BCUT2D eigenvalue weighted by molar-refractivity contribution is 9.11. The Labute approximate surface area is 125 Å². The molecule has 2 rings (SSSR count). The normalized spacial score (nSPS) is 12.8. The fourth-order valence-corrected chi connectivity index (χ4v) is 4.66. The summed E-state index contributed by atoms with van der Waals surface area (Å²) in [4.78, 5) is 2.87. The van der Waals surface area contributed by atoms with E-state index < -0.39 is 0 Å². The zero-order valence-corrected chi connectivity index (χ0v) is 13.9. The third-order valence-electron chi connectivity index (χ3n) is 2.90. The molecule has 2 aromatic rings. The van der Waals surface area contributed by atoms with Crippen molar-refractivity contribution in [1.82, 2.24) is 5.32 Å². The molecule has 1 nitrogen and oxygen atoms in total. The molecular formula is C14H18BrNS2. The van der Waals surface area contributed by atoms with Crippen LogP contribution in [0.25, 0.3) is 0 Å². The molecule has 98 valence electrons. The van der Waals surface area contributed by atoms with Gasteiger partial charge in [0.05, 0.1) is 9.83 Å². The first kappa shape index (κ1) is 14.3. The Morgan fingerprint density at radius 1 is 1.28 bits per heavy atom. The second-order valence-electron chi connectivity index (χ2n) is 4.19. The summed E-state index contributed by atoms with van der Waals surface area (Å²) in [5.74, 6) is 0. The molecule has 4 heteroatoms. The third kappa shape index (κ3) is 3.23. The predicted molar refractivity (Wildman–Crippen MR) is 85.9 cm³/mol. The maximum absolute atomic E-state index is 3.68. The van der Waals surface area contributed by atoms with E-state index in [0.717, 1.165) is 19.4 Å². The Morgan fingerprint density at radius 2 is 2.11 bits per heavy atom. The quantitative estimate of drug-likeness (QED) is 0.757. The number of aryl methyl sites for hydroxylation is 1. The first-order valence-corrected chi connectivity index (χ1v) is 8.80. The Kier molecular flexibility index (Phi) is 5.42. The van der Waals surface area contributed by atoms with E-state index in [2.05, 4.69) is 58.7 Å². The summed E-state index contributed by atoms with van der Waals surface area (Å²) in [6, 6.07) is 6.97. The molecule has 0 saturated heterocycles. The van der Waals surface area contributed by atoms with Crippen LogP contribution in [0.1, 0.15) is 41.6 Å². The number of thiophene rings is 2. The maximum atomic E-state index is 3.68. The van der Waals surface area contributed by atoms with E-state index in [4.69, 9.17) is 0 Å². The van der Waals surface area contributed by atoms with Crippen molar-refractivity contribution in [2.75, 3.05) is 6.54 Å². The fraction of sp³-hybridized carbons (Fsp3) is 0.429. The van der Waals surface area contributed by atoms with Gasteiger partial charge in [-0.15, -0.1) is 22.7 Å². The highest BCUT2D eigenvalue weighted by atomic mass is 79.9. The molecule has 0 aromatic carbocycles. The number of nitrogens with one attached hydrogen (secondary N) is 1. The van der Waals surface area contributed by atoms with Crippen molar-refractivity contribution in [3.8, 4) is 0 Å². The van der Waals surface area contributed by atoms with Crippen molar-refractivity contribution >= 4 is 38.6 Å². The standard InChI is InChI=1S/C14H18BrNS2/c1-3-8-16-13(11-5-6-12(15)18-11)14-10(4-2)7-9-17-14/h5-7,9,13,16H,3-4,8H2,1-2H3. The third-order valence-corrected chi connectivity index (χ3v) is 5.61. The van der Waals surface area contributed by atoms with Gasteiger partial charge in [-0.3, -0.25) is 0 Å². The average molecular weight is 344 g/mol. The first-order chi connectivity index (χ1) is 8.76. The molecule has 0 saturated carbocycles. The number of rotatable bonds is 6. The van der Waals surface area contributed by atoms with Gasteiger partial charge < -0.3 is 5.32 Å². The van der Waals surface area contributed by atoms with Gasteiger partial charge in [0.25, 0.3) is 0 Å². The van der Waals surface area contributed by atoms with Crippen LogP contribution in [0.2, 0.25) is 0 Å². The molecule has 0 spiro atoms. The maximum Gasteiger partial charge on any atom is 0.0768 e. The van der Waals surface area contributed by atoms with Crippen molar-refractivity contribution in [3.63, 3.8) is 0 Å². The van der Waals surface area contributed by atoms with Gasteiger partial charge in [-0.05, 0) is 64.5 Å². The lowest BCUT2D eigenvalue weighted by Gasteiger charge is -2.17.